The third-order valence-electron chi connectivity index (χ3n) is 7.00. The van der Waals surface area contributed by atoms with Crippen LogP contribution in [0.25, 0.3) is 0 Å². The van der Waals surface area contributed by atoms with Crippen molar-refractivity contribution in [1.29, 1.82) is 0 Å². The van der Waals surface area contributed by atoms with Crippen LogP contribution in [0.1, 0.15) is 34.3 Å². The number of nitrogens with one attached hydrogen (secondary N) is 3. The molecule has 1 fully saturated rings. The number of ether oxygens (including phenoxy) is 4. The maximum absolute atomic E-state index is 13.4. The summed E-state index contributed by atoms with van der Waals surface area (Å²) >= 11 is 0. The molecule has 0 unspecified atom stereocenters. The highest BCUT2D eigenvalue weighted by Crippen LogP contribution is 2.37. The van der Waals surface area contributed by atoms with Crippen molar-refractivity contribution in [2.24, 2.45) is 0 Å². The van der Waals surface area contributed by atoms with Gasteiger partial charge in [0.2, 0.25) is 18.6 Å². The van der Waals surface area contributed by atoms with Gasteiger partial charge in [0.15, 0.2) is 11.5 Å². The summed E-state index contributed by atoms with van der Waals surface area (Å²) in [4.78, 5) is 22.4. The van der Waals surface area contributed by atoms with Crippen LogP contribution in [-0.2, 0) is 0 Å². The Kier molecular flexibility index (Phi) is 7.55. The van der Waals surface area contributed by atoms with Crippen LogP contribution < -0.4 is 34.9 Å². The van der Waals surface area contributed by atoms with Gasteiger partial charge in [-0.15, -0.1) is 0 Å². The molecule has 0 radical (unpaired) electrons. The molecule has 210 valence electrons. The van der Waals surface area contributed by atoms with E-state index < -0.39 is 0 Å². The zero-order valence-corrected chi connectivity index (χ0v) is 22.9. The van der Waals surface area contributed by atoms with E-state index in [9.17, 15) is 4.79 Å². The average Bonchev–Trinajstić information content (AvgIpc) is 3.67. The number of fused-ring (bicyclic) bond motifs is 1. The molecule has 10 heteroatoms. The first-order chi connectivity index (χ1) is 20.0. The number of para-hydroxylation sites is 1. The first-order valence-electron chi connectivity index (χ1n) is 13.6. The minimum atomic E-state index is -0.386. The van der Waals surface area contributed by atoms with Gasteiger partial charge in [-0.25, -0.2) is 4.98 Å². The number of nitrogens with zero attached hydrogens (tertiary/aromatic N) is 2. The van der Waals surface area contributed by atoms with E-state index in [-0.39, 0.29) is 30.1 Å². The third kappa shape index (κ3) is 6.17. The molecule has 3 aromatic carbocycles. The molecule has 1 saturated heterocycles. The number of hydrogen-bond donors (Lipinski definition) is 3. The van der Waals surface area contributed by atoms with Crippen LogP contribution in [-0.4, -0.2) is 41.9 Å². The molecule has 3 heterocycles. The van der Waals surface area contributed by atoms with Crippen LogP contribution >= 0.6 is 0 Å². The van der Waals surface area contributed by atoms with E-state index >= 15 is 0 Å². The standard InChI is InChI=1S/C31H31N5O5/c1-19-5-3-6-20(2)28(19)35-29(37)25-16-33-31(36-30(25)41-24-12-13-26-27(15-24)40-18-39-26)34-21-8-10-23(11-9-21)38-17-22-7-4-14-32-22/h3,5-6,8-13,15-16,22,32H,4,7,14,17-18H2,1-2H3,(H,35,37)(H,33,34,36)/t22-/m1/s1. The van der Waals surface area contributed by atoms with Gasteiger partial charge < -0.3 is 34.9 Å². The number of hydrogen-bond acceptors (Lipinski definition) is 9. The lowest BCUT2D eigenvalue weighted by molar-refractivity contribution is 0.102. The molecular formula is C31H31N5O5. The Hall–Kier alpha value is -4.83. The van der Waals surface area contributed by atoms with Gasteiger partial charge in [0, 0.05) is 29.7 Å². The smallest absolute Gasteiger partial charge is 0.262 e. The fraction of sp³-hybridized carbons (Fsp3) is 0.258. The number of anilines is 3. The zero-order valence-electron chi connectivity index (χ0n) is 22.9. The summed E-state index contributed by atoms with van der Waals surface area (Å²) in [5.74, 6) is 2.39. The highest BCUT2D eigenvalue weighted by Gasteiger charge is 2.21. The molecular weight excluding hydrogens is 522 g/mol. The normalized spacial score (nSPS) is 15.4. The average molecular weight is 554 g/mol. The number of carbonyl (C=O) groups excluding carboxylic acids is 1. The van der Waals surface area contributed by atoms with Crippen LogP contribution in [0.4, 0.5) is 17.3 Å². The van der Waals surface area contributed by atoms with Crippen molar-refractivity contribution in [2.45, 2.75) is 32.7 Å². The lowest BCUT2D eigenvalue weighted by Gasteiger charge is -2.15. The number of rotatable bonds is 9. The molecule has 41 heavy (non-hydrogen) atoms. The number of amides is 1. The van der Waals surface area contributed by atoms with Crippen molar-refractivity contribution in [2.75, 3.05) is 30.6 Å². The van der Waals surface area contributed by atoms with Crippen molar-refractivity contribution >= 4 is 23.2 Å². The minimum Gasteiger partial charge on any atom is -0.492 e. The quantitative estimate of drug-likeness (QED) is 0.239. The van der Waals surface area contributed by atoms with Crippen molar-refractivity contribution in [1.82, 2.24) is 15.3 Å². The molecule has 10 nitrogen and oxygen atoms in total. The Morgan fingerprint density at radius 2 is 1.80 bits per heavy atom. The largest absolute Gasteiger partial charge is 0.492 e. The van der Waals surface area contributed by atoms with Crippen LogP contribution in [0.2, 0.25) is 0 Å². The highest BCUT2D eigenvalue weighted by atomic mass is 16.7. The topological polar surface area (TPSA) is 116 Å². The van der Waals surface area contributed by atoms with Crippen molar-refractivity contribution in [3.05, 3.63) is 83.6 Å². The molecule has 1 atom stereocenters. The summed E-state index contributed by atoms with van der Waals surface area (Å²) < 4.78 is 22.9. The van der Waals surface area contributed by atoms with Gasteiger partial charge in [-0.1, -0.05) is 18.2 Å². The maximum atomic E-state index is 13.4. The first-order valence-corrected chi connectivity index (χ1v) is 13.6. The molecule has 3 N–H and O–H groups in total. The molecule has 6 rings (SSSR count). The summed E-state index contributed by atoms with van der Waals surface area (Å²) in [7, 11) is 0. The van der Waals surface area contributed by atoms with E-state index in [0.717, 1.165) is 41.2 Å². The summed E-state index contributed by atoms with van der Waals surface area (Å²) in [6.45, 7) is 5.71. The Morgan fingerprint density at radius 3 is 2.59 bits per heavy atom. The maximum Gasteiger partial charge on any atom is 0.262 e. The summed E-state index contributed by atoms with van der Waals surface area (Å²) in [5, 5.41) is 9.60. The molecule has 0 spiro atoms. The number of carbonyl (C=O) groups is 1. The number of aryl methyl sites for hydroxylation is 2. The second-order valence-corrected chi connectivity index (χ2v) is 10.0. The zero-order chi connectivity index (χ0) is 28.2. The van der Waals surface area contributed by atoms with E-state index in [1.807, 2.05) is 56.3 Å². The van der Waals surface area contributed by atoms with Gasteiger partial charge in [0.1, 0.15) is 23.7 Å². The Balaban J connectivity index is 1.23. The van der Waals surface area contributed by atoms with Crippen LogP contribution in [0.5, 0.6) is 28.9 Å². The molecule has 2 aliphatic heterocycles. The van der Waals surface area contributed by atoms with Crippen LogP contribution in [0, 0.1) is 13.8 Å². The van der Waals surface area contributed by atoms with Gasteiger partial charge in [-0.2, -0.15) is 4.98 Å². The molecule has 1 amide bonds. The fourth-order valence-electron chi connectivity index (χ4n) is 4.76. The Bertz CT molecular complexity index is 1530. The molecule has 2 aliphatic rings. The van der Waals surface area contributed by atoms with Crippen molar-refractivity contribution < 1.29 is 23.7 Å². The van der Waals surface area contributed by atoms with E-state index in [2.05, 4.69) is 25.9 Å². The second-order valence-electron chi connectivity index (χ2n) is 10.0. The molecule has 1 aromatic heterocycles. The molecule has 4 aromatic rings. The summed E-state index contributed by atoms with van der Waals surface area (Å²) in [6.07, 6.45) is 3.77. The lowest BCUT2D eigenvalue weighted by Crippen LogP contribution is -2.28. The molecule has 0 saturated carbocycles. The number of aromatic nitrogens is 2. The summed E-state index contributed by atoms with van der Waals surface area (Å²) in [6, 6.07) is 19.0. The Labute approximate surface area is 238 Å². The monoisotopic (exact) mass is 553 g/mol. The predicted octanol–water partition coefficient (Wildman–Crippen LogP) is 5.74. The van der Waals surface area contributed by atoms with E-state index in [4.69, 9.17) is 18.9 Å². The molecule has 0 bridgehead atoms. The van der Waals surface area contributed by atoms with Gasteiger partial charge in [-0.05, 0) is 80.8 Å². The SMILES string of the molecule is Cc1cccc(C)c1NC(=O)c1cnc(Nc2ccc(OC[C@H]3CCCN3)cc2)nc1Oc1ccc2c(c1)OCO2. The van der Waals surface area contributed by atoms with Crippen molar-refractivity contribution in [3.8, 4) is 28.9 Å². The van der Waals surface area contributed by atoms with Crippen molar-refractivity contribution in [3.63, 3.8) is 0 Å². The Morgan fingerprint density at radius 1 is 1.02 bits per heavy atom. The van der Waals surface area contributed by atoms with E-state index in [1.165, 1.54) is 12.6 Å². The third-order valence-corrected chi connectivity index (χ3v) is 7.00. The second kappa shape index (κ2) is 11.7. The van der Waals surface area contributed by atoms with E-state index in [0.29, 0.717) is 29.9 Å². The van der Waals surface area contributed by atoms with Gasteiger partial charge in [0.25, 0.3) is 5.91 Å². The lowest BCUT2D eigenvalue weighted by atomic mass is 10.1. The minimum absolute atomic E-state index is 0.0918. The molecule has 0 aliphatic carbocycles. The van der Waals surface area contributed by atoms with Crippen LogP contribution in [0.15, 0.2) is 66.9 Å². The van der Waals surface area contributed by atoms with Gasteiger partial charge in [0.05, 0.1) is 0 Å². The van der Waals surface area contributed by atoms with Crippen LogP contribution in [0.3, 0.4) is 0 Å². The fourth-order valence-corrected chi connectivity index (χ4v) is 4.76. The predicted molar refractivity (Wildman–Crippen MR) is 155 cm³/mol. The van der Waals surface area contributed by atoms with Gasteiger partial charge >= 0.3 is 0 Å². The van der Waals surface area contributed by atoms with Gasteiger partial charge in [-0.3, -0.25) is 4.79 Å². The first kappa shape index (κ1) is 26.4. The number of benzene rings is 3. The highest BCUT2D eigenvalue weighted by molar-refractivity contribution is 6.06. The van der Waals surface area contributed by atoms with E-state index in [1.54, 1.807) is 18.2 Å². The summed E-state index contributed by atoms with van der Waals surface area (Å²) in [5.41, 5.74) is 3.57.